The molecule has 0 aromatic carbocycles. The van der Waals surface area contributed by atoms with Gasteiger partial charge in [-0.2, -0.15) is 0 Å². The molecule has 0 saturated carbocycles. The molecule has 114 valence electrons. The summed E-state index contributed by atoms with van der Waals surface area (Å²) >= 11 is 0. The Morgan fingerprint density at radius 1 is 1.52 bits per heavy atom. The predicted molar refractivity (Wildman–Crippen MR) is 74.4 cm³/mol. The van der Waals surface area contributed by atoms with Crippen LogP contribution in [0.1, 0.15) is 30.5 Å². The molecule has 7 nitrogen and oxygen atoms in total. The smallest absolute Gasteiger partial charge is 0.242 e. The first-order valence-corrected chi connectivity index (χ1v) is 7.32. The Bertz CT molecular complexity index is 542. The molecule has 0 aliphatic carbocycles. The summed E-state index contributed by atoms with van der Waals surface area (Å²) in [4.78, 5) is 34.7. The van der Waals surface area contributed by atoms with Gasteiger partial charge in [0.15, 0.2) is 0 Å². The second-order valence-corrected chi connectivity index (χ2v) is 5.57. The SMILES string of the molecule is Cc1cnc([C@@H]2CN(C(=O)CN3CCCC3=O)CCO2)[nH]1. The summed E-state index contributed by atoms with van der Waals surface area (Å²) < 4.78 is 5.68. The first kappa shape index (κ1) is 14.1. The van der Waals surface area contributed by atoms with Crippen molar-refractivity contribution in [3.8, 4) is 0 Å². The van der Waals surface area contributed by atoms with Crippen LogP contribution in [0.5, 0.6) is 0 Å². The van der Waals surface area contributed by atoms with Crippen molar-refractivity contribution in [2.75, 3.05) is 32.8 Å². The van der Waals surface area contributed by atoms with E-state index in [1.807, 2.05) is 6.92 Å². The fourth-order valence-electron chi connectivity index (χ4n) is 2.77. The molecule has 2 aliphatic heterocycles. The van der Waals surface area contributed by atoms with Crippen molar-refractivity contribution in [1.29, 1.82) is 0 Å². The molecule has 0 spiro atoms. The van der Waals surface area contributed by atoms with Gasteiger partial charge in [0.1, 0.15) is 11.9 Å². The molecule has 0 unspecified atom stereocenters. The van der Waals surface area contributed by atoms with E-state index in [9.17, 15) is 9.59 Å². The Kier molecular flexibility index (Phi) is 3.92. The molecule has 21 heavy (non-hydrogen) atoms. The van der Waals surface area contributed by atoms with Gasteiger partial charge in [0.05, 0.1) is 19.7 Å². The summed E-state index contributed by atoms with van der Waals surface area (Å²) in [6, 6.07) is 0. The number of aromatic amines is 1. The number of carbonyl (C=O) groups excluding carboxylic acids is 2. The third kappa shape index (κ3) is 3.07. The topological polar surface area (TPSA) is 78.5 Å². The van der Waals surface area contributed by atoms with Gasteiger partial charge in [-0.15, -0.1) is 0 Å². The van der Waals surface area contributed by atoms with Gasteiger partial charge in [-0.3, -0.25) is 9.59 Å². The lowest BCUT2D eigenvalue weighted by Gasteiger charge is -2.33. The molecule has 3 rings (SSSR count). The van der Waals surface area contributed by atoms with Gasteiger partial charge in [-0.25, -0.2) is 4.98 Å². The average molecular weight is 292 g/mol. The van der Waals surface area contributed by atoms with Crippen molar-refractivity contribution < 1.29 is 14.3 Å². The highest BCUT2D eigenvalue weighted by Gasteiger charge is 2.30. The maximum Gasteiger partial charge on any atom is 0.242 e. The number of nitrogens with one attached hydrogen (secondary N) is 1. The van der Waals surface area contributed by atoms with Crippen LogP contribution in [0.4, 0.5) is 0 Å². The van der Waals surface area contributed by atoms with Crippen LogP contribution in [-0.2, 0) is 14.3 Å². The molecule has 2 saturated heterocycles. The molecule has 7 heteroatoms. The third-order valence-corrected chi connectivity index (χ3v) is 3.94. The van der Waals surface area contributed by atoms with Crippen molar-refractivity contribution in [2.24, 2.45) is 0 Å². The van der Waals surface area contributed by atoms with E-state index in [-0.39, 0.29) is 24.5 Å². The van der Waals surface area contributed by atoms with Crippen LogP contribution in [-0.4, -0.2) is 64.4 Å². The molecule has 2 amide bonds. The van der Waals surface area contributed by atoms with E-state index in [1.165, 1.54) is 0 Å². The molecule has 1 aromatic heterocycles. The second kappa shape index (κ2) is 5.85. The van der Waals surface area contributed by atoms with Gasteiger partial charge in [0, 0.05) is 31.4 Å². The summed E-state index contributed by atoms with van der Waals surface area (Å²) in [7, 11) is 0. The molecule has 1 N–H and O–H groups in total. The third-order valence-electron chi connectivity index (χ3n) is 3.94. The summed E-state index contributed by atoms with van der Waals surface area (Å²) in [5.41, 5.74) is 0.972. The summed E-state index contributed by atoms with van der Waals surface area (Å²) in [6.45, 7) is 4.34. The van der Waals surface area contributed by atoms with Gasteiger partial charge in [-0.1, -0.05) is 0 Å². The number of likely N-dealkylation sites (tertiary alicyclic amines) is 1. The van der Waals surface area contributed by atoms with E-state index in [2.05, 4.69) is 9.97 Å². The van der Waals surface area contributed by atoms with Crippen LogP contribution in [0.3, 0.4) is 0 Å². The van der Waals surface area contributed by atoms with Gasteiger partial charge in [0.2, 0.25) is 11.8 Å². The number of imidazole rings is 1. The molecule has 2 fully saturated rings. The first-order valence-electron chi connectivity index (χ1n) is 7.32. The monoisotopic (exact) mass is 292 g/mol. The molecule has 0 bridgehead atoms. The number of aromatic nitrogens is 2. The zero-order valence-corrected chi connectivity index (χ0v) is 12.2. The van der Waals surface area contributed by atoms with Crippen LogP contribution in [0.2, 0.25) is 0 Å². The lowest BCUT2D eigenvalue weighted by molar-refractivity contribution is -0.144. The van der Waals surface area contributed by atoms with Gasteiger partial charge in [0.25, 0.3) is 0 Å². The minimum atomic E-state index is -0.217. The molecule has 1 aromatic rings. The van der Waals surface area contributed by atoms with Crippen molar-refractivity contribution in [1.82, 2.24) is 19.8 Å². The van der Waals surface area contributed by atoms with Gasteiger partial charge < -0.3 is 19.5 Å². The number of ether oxygens (including phenoxy) is 1. The summed E-state index contributed by atoms with van der Waals surface area (Å²) in [5.74, 6) is 0.818. The largest absolute Gasteiger partial charge is 0.367 e. The molecule has 2 aliphatic rings. The van der Waals surface area contributed by atoms with E-state index in [1.54, 1.807) is 16.0 Å². The molecule has 1 atom stereocenters. The fourth-order valence-corrected chi connectivity index (χ4v) is 2.77. The van der Waals surface area contributed by atoms with E-state index < -0.39 is 0 Å². The lowest BCUT2D eigenvalue weighted by atomic mass is 10.2. The minimum Gasteiger partial charge on any atom is -0.367 e. The summed E-state index contributed by atoms with van der Waals surface area (Å²) in [5, 5.41) is 0. The number of nitrogens with zero attached hydrogens (tertiary/aromatic N) is 3. The van der Waals surface area contributed by atoms with E-state index in [0.29, 0.717) is 32.7 Å². The second-order valence-electron chi connectivity index (χ2n) is 5.57. The Labute approximate surface area is 123 Å². The highest BCUT2D eigenvalue weighted by Crippen LogP contribution is 2.20. The molecule has 0 radical (unpaired) electrons. The van der Waals surface area contributed by atoms with Crippen LogP contribution in [0, 0.1) is 6.92 Å². The van der Waals surface area contributed by atoms with Crippen molar-refractivity contribution in [3.63, 3.8) is 0 Å². The van der Waals surface area contributed by atoms with Crippen molar-refractivity contribution in [2.45, 2.75) is 25.9 Å². The number of hydrogen-bond donors (Lipinski definition) is 1. The number of hydrogen-bond acceptors (Lipinski definition) is 4. The standard InChI is InChI=1S/C14H20N4O3/c1-10-7-15-14(16-10)11-8-18(5-6-21-11)13(20)9-17-4-2-3-12(17)19/h7,11H,2-6,8-9H2,1H3,(H,15,16)/t11-/m0/s1. The van der Waals surface area contributed by atoms with Crippen LogP contribution in [0.15, 0.2) is 6.20 Å². The number of carbonyl (C=O) groups is 2. The maximum atomic E-state index is 12.3. The zero-order chi connectivity index (χ0) is 14.8. The summed E-state index contributed by atoms with van der Waals surface area (Å²) in [6.07, 6.45) is 2.95. The number of H-pyrrole nitrogens is 1. The quantitative estimate of drug-likeness (QED) is 0.865. The van der Waals surface area contributed by atoms with Crippen LogP contribution < -0.4 is 0 Å². The van der Waals surface area contributed by atoms with Crippen molar-refractivity contribution >= 4 is 11.8 Å². The van der Waals surface area contributed by atoms with Crippen molar-refractivity contribution in [3.05, 3.63) is 17.7 Å². The van der Waals surface area contributed by atoms with E-state index >= 15 is 0 Å². The fraction of sp³-hybridized carbons (Fsp3) is 0.643. The van der Waals surface area contributed by atoms with E-state index in [0.717, 1.165) is 17.9 Å². The highest BCUT2D eigenvalue weighted by atomic mass is 16.5. The minimum absolute atomic E-state index is 0.0122. The Balaban J connectivity index is 1.60. The predicted octanol–water partition coefficient (Wildman–Crippen LogP) is 0.240. The lowest BCUT2D eigenvalue weighted by Crippen LogP contribution is -2.47. The highest BCUT2D eigenvalue weighted by molar-refractivity contribution is 5.85. The zero-order valence-electron chi connectivity index (χ0n) is 12.2. The molecule has 3 heterocycles. The molecular formula is C14H20N4O3. The van der Waals surface area contributed by atoms with Crippen LogP contribution >= 0.6 is 0 Å². The Morgan fingerprint density at radius 2 is 2.38 bits per heavy atom. The number of aryl methyl sites for hydroxylation is 1. The maximum absolute atomic E-state index is 12.3. The Morgan fingerprint density at radius 3 is 3.05 bits per heavy atom. The number of rotatable bonds is 3. The normalized spacial score (nSPS) is 22.9. The Hall–Kier alpha value is -1.89. The molecular weight excluding hydrogens is 272 g/mol. The van der Waals surface area contributed by atoms with Crippen LogP contribution in [0.25, 0.3) is 0 Å². The van der Waals surface area contributed by atoms with Gasteiger partial charge in [-0.05, 0) is 13.3 Å². The average Bonchev–Trinajstić information content (AvgIpc) is 3.08. The van der Waals surface area contributed by atoms with Gasteiger partial charge >= 0.3 is 0 Å². The van der Waals surface area contributed by atoms with E-state index in [4.69, 9.17) is 4.74 Å². The number of morpholine rings is 1. The first-order chi connectivity index (χ1) is 10.1. The number of amides is 2.